The highest BCUT2D eigenvalue weighted by Crippen LogP contribution is 2.20. The van der Waals surface area contributed by atoms with Gasteiger partial charge in [0.1, 0.15) is 5.75 Å². The van der Waals surface area contributed by atoms with E-state index in [4.69, 9.17) is 9.26 Å². The third-order valence-corrected chi connectivity index (χ3v) is 3.38. The third kappa shape index (κ3) is 7.11. The highest BCUT2D eigenvalue weighted by atomic mass is 35.5. The first kappa shape index (κ1) is 20.9. The molecule has 0 atom stereocenters. The van der Waals surface area contributed by atoms with Crippen molar-refractivity contribution in [2.75, 3.05) is 26.7 Å². The van der Waals surface area contributed by atoms with Crippen LogP contribution in [-0.2, 0) is 11.2 Å². The standard InChI is InChI=1S/C17H24N4O3.ClH/c1-3-23-14-7-5-13(6-8-14)17-20-16(24-21-17)10-9-15(22)19-12-4-11-18-2;/h5-8,18H,3-4,9-12H2,1-2H3,(H,19,22);1H. The molecule has 0 spiro atoms. The molecular formula is C17H25ClN4O3. The van der Waals surface area contributed by atoms with Crippen LogP contribution in [0.25, 0.3) is 11.4 Å². The number of ether oxygens (including phenoxy) is 1. The Hall–Kier alpha value is -2.12. The van der Waals surface area contributed by atoms with Crippen molar-refractivity contribution >= 4 is 18.3 Å². The van der Waals surface area contributed by atoms with E-state index in [0.717, 1.165) is 24.3 Å². The van der Waals surface area contributed by atoms with Gasteiger partial charge in [-0.25, -0.2) is 0 Å². The van der Waals surface area contributed by atoms with Crippen molar-refractivity contribution in [2.24, 2.45) is 0 Å². The summed E-state index contributed by atoms with van der Waals surface area (Å²) in [4.78, 5) is 16.0. The molecule has 0 fully saturated rings. The first-order valence-electron chi connectivity index (χ1n) is 8.20. The zero-order valence-corrected chi connectivity index (χ0v) is 15.4. The fourth-order valence-corrected chi connectivity index (χ4v) is 2.14. The smallest absolute Gasteiger partial charge is 0.227 e. The number of hydrogen-bond donors (Lipinski definition) is 2. The lowest BCUT2D eigenvalue weighted by Gasteiger charge is -2.03. The highest BCUT2D eigenvalue weighted by molar-refractivity contribution is 5.85. The summed E-state index contributed by atoms with van der Waals surface area (Å²) in [7, 11) is 1.89. The van der Waals surface area contributed by atoms with Crippen LogP contribution in [0.15, 0.2) is 28.8 Å². The van der Waals surface area contributed by atoms with Gasteiger partial charge >= 0.3 is 0 Å². The van der Waals surface area contributed by atoms with E-state index in [9.17, 15) is 4.79 Å². The van der Waals surface area contributed by atoms with Gasteiger partial charge in [0.25, 0.3) is 0 Å². The maximum absolute atomic E-state index is 11.7. The van der Waals surface area contributed by atoms with E-state index >= 15 is 0 Å². The number of carbonyl (C=O) groups is 1. The second kappa shape index (κ2) is 11.4. The zero-order valence-electron chi connectivity index (χ0n) is 14.6. The maximum atomic E-state index is 11.7. The molecule has 25 heavy (non-hydrogen) atoms. The number of aryl methyl sites for hydroxylation is 1. The van der Waals surface area contributed by atoms with Gasteiger partial charge in [-0.1, -0.05) is 5.16 Å². The number of rotatable bonds is 10. The summed E-state index contributed by atoms with van der Waals surface area (Å²) in [6, 6.07) is 7.50. The minimum atomic E-state index is -0.00748. The lowest BCUT2D eigenvalue weighted by atomic mass is 10.2. The molecule has 0 aliphatic carbocycles. The molecule has 0 radical (unpaired) electrons. The monoisotopic (exact) mass is 368 g/mol. The molecule has 0 saturated heterocycles. The Morgan fingerprint density at radius 3 is 2.68 bits per heavy atom. The Morgan fingerprint density at radius 2 is 2.00 bits per heavy atom. The molecule has 7 nitrogen and oxygen atoms in total. The number of amides is 1. The van der Waals surface area contributed by atoms with Crippen LogP contribution in [0.3, 0.4) is 0 Å². The summed E-state index contributed by atoms with van der Waals surface area (Å²) in [5.41, 5.74) is 0.852. The molecule has 1 aromatic carbocycles. The quantitative estimate of drug-likeness (QED) is 0.625. The van der Waals surface area contributed by atoms with Crippen LogP contribution >= 0.6 is 12.4 Å². The molecule has 2 aromatic rings. The van der Waals surface area contributed by atoms with Crippen molar-refractivity contribution < 1.29 is 14.1 Å². The van der Waals surface area contributed by atoms with Crippen LogP contribution in [0.1, 0.15) is 25.7 Å². The van der Waals surface area contributed by atoms with Crippen molar-refractivity contribution in [1.29, 1.82) is 0 Å². The van der Waals surface area contributed by atoms with Crippen molar-refractivity contribution in [3.63, 3.8) is 0 Å². The molecule has 2 rings (SSSR count). The van der Waals surface area contributed by atoms with Gasteiger partial charge in [0, 0.05) is 24.9 Å². The fourth-order valence-electron chi connectivity index (χ4n) is 2.14. The number of nitrogens with zero attached hydrogens (tertiary/aromatic N) is 2. The summed E-state index contributed by atoms with van der Waals surface area (Å²) in [5.74, 6) is 1.78. The molecule has 1 heterocycles. The normalized spacial score (nSPS) is 10.2. The summed E-state index contributed by atoms with van der Waals surface area (Å²) >= 11 is 0. The Labute approximate surface area is 153 Å². The van der Waals surface area contributed by atoms with Crippen molar-refractivity contribution in [1.82, 2.24) is 20.8 Å². The second-order valence-corrected chi connectivity index (χ2v) is 5.28. The van der Waals surface area contributed by atoms with E-state index in [2.05, 4.69) is 20.8 Å². The number of benzene rings is 1. The van der Waals surface area contributed by atoms with Crippen LogP contribution in [0.5, 0.6) is 5.75 Å². The second-order valence-electron chi connectivity index (χ2n) is 5.28. The number of hydrogen-bond acceptors (Lipinski definition) is 6. The SMILES string of the molecule is CCOc1ccc(-c2noc(CCC(=O)NCCCNC)n2)cc1.Cl. The molecule has 8 heteroatoms. The molecular weight excluding hydrogens is 344 g/mol. The van der Waals surface area contributed by atoms with Gasteiger partial charge in [-0.3, -0.25) is 4.79 Å². The predicted molar refractivity (Wildman–Crippen MR) is 98.0 cm³/mol. The first-order valence-corrected chi connectivity index (χ1v) is 8.20. The molecule has 0 aliphatic heterocycles. The molecule has 0 saturated carbocycles. The molecule has 0 unspecified atom stereocenters. The predicted octanol–water partition coefficient (Wildman–Crippen LogP) is 2.22. The van der Waals surface area contributed by atoms with E-state index in [-0.39, 0.29) is 18.3 Å². The van der Waals surface area contributed by atoms with Gasteiger partial charge < -0.3 is 19.9 Å². The van der Waals surface area contributed by atoms with Crippen LogP contribution in [0.4, 0.5) is 0 Å². The van der Waals surface area contributed by atoms with E-state index in [1.54, 1.807) is 0 Å². The van der Waals surface area contributed by atoms with Crippen molar-refractivity contribution in [3.05, 3.63) is 30.2 Å². The molecule has 1 amide bonds. The number of aromatic nitrogens is 2. The summed E-state index contributed by atoms with van der Waals surface area (Å²) in [6.07, 6.45) is 1.68. The topological polar surface area (TPSA) is 89.3 Å². The van der Waals surface area contributed by atoms with E-state index in [0.29, 0.717) is 37.7 Å². The van der Waals surface area contributed by atoms with Crippen molar-refractivity contribution in [3.8, 4) is 17.1 Å². The number of nitrogens with one attached hydrogen (secondary N) is 2. The largest absolute Gasteiger partial charge is 0.494 e. The lowest BCUT2D eigenvalue weighted by molar-refractivity contribution is -0.121. The Balaban J connectivity index is 0.00000312. The van der Waals surface area contributed by atoms with Crippen LogP contribution in [0.2, 0.25) is 0 Å². The van der Waals surface area contributed by atoms with Crippen LogP contribution in [-0.4, -0.2) is 42.8 Å². The first-order chi connectivity index (χ1) is 11.7. The Morgan fingerprint density at radius 1 is 1.24 bits per heavy atom. The average molecular weight is 369 g/mol. The summed E-state index contributed by atoms with van der Waals surface area (Å²) in [6.45, 7) is 4.12. The van der Waals surface area contributed by atoms with E-state index in [1.807, 2.05) is 38.2 Å². The van der Waals surface area contributed by atoms with Gasteiger partial charge in [0.2, 0.25) is 17.6 Å². The lowest BCUT2D eigenvalue weighted by Crippen LogP contribution is -2.26. The van der Waals surface area contributed by atoms with Gasteiger partial charge in [0.05, 0.1) is 6.61 Å². The van der Waals surface area contributed by atoms with Crippen LogP contribution < -0.4 is 15.4 Å². The summed E-state index contributed by atoms with van der Waals surface area (Å²) < 4.78 is 10.6. The highest BCUT2D eigenvalue weighted by Gasteiger charge is 2.10. The Kier molecular flexibility index (Phi) is 9.57. The minimum absolute atomic E-state index is 0. The maximum Gasteiger partial charge on any atom is 0.227 e. The van der Waals surface area contributed by atoms with Gasteiger partial charge in [-0.15, -0.1) is 12.4 Å². The van der Waals surface area contributed by atoms with Crippen molar-refractivity contribution in [2.45, 2.75) is 26.2 Å². The van der Waals surface area contributed by atoms with E-state index in [1.165, 1.54) is 0 Å². The van der Waals surface area contributed by atoms with Gasteiger partial charge in [0.15, 0.2) is 0 Å². The Bertz CT molecular complexity index is 631. The average Bonchev–Trinajstić information content (AvgIpc) is 3.07. The number of halogens is 1. The van der Waals surface area contributed by atoms with Gasteiger partial charge in [-0.2, -0.15) is 4.98 Å². The number of carbonyl (C=O) groups excluding carboxylic acids is 1. The minimum Gasteiger partial charge on any atom is -0.494 e. The van der Waals surface area contributed by atoms with Gasteiger partial charge in [-0.05, 0) is 51.2 Å². The molecule has 138 valence electrons. The summed E-state index contributed by atoms with van der Waals surface area (Å²) in [5, 5.41) is 9.86. The molecule has 2 N–H and O–H groups in total. The molecule has 0 aliphatic rings. The van der Waals surface area contributed by atoms with Crippen LogP contribution in [0, 0.1) is 0 Å². The zero-order chi connectivity index (χ0) is 17.2. The third-order valence-electron chi connectivity index (χ3n) is 3.38. The van der Waals surface area contributed by atoms with E-state index < -0.39 is 0 Å². The molecule has 0 bridgehead atoms. The molecule has 1 aromatic heterocycles. The fraction of sp³-hybridized carbons (Fsp3) is 0.471.